The molecule has 0 aliphatic rings. The predicted octanol–water partition coefficient (Wildman–Crippen LogP) is 1.15. The van der Waals surface area contributed by atoms with Crippen LogP contribution >= 0.6 is 0 Å². The van der Waals surface area contributed by atoms with Crippen molar-refractivity contribution < 1.29 is 31.1 Å². The number of carbonyl (C=O) groups excluding carboxylic acids is 1. The molecule has 0 heterocycles. The van der Waals surface area contributed by atoms with E-state index in [-0.39, 0.29) is 19.4 Å². The molecule has 0 N–H and O–H groups in total. The van der Waals surface area contributed by atoms with Gasteiger partial charge in [0.25, 0.3) is 0 Å². The maximum Gasteiger partial charge on any atom is 0.402 e. The largest absolute Gasteiger partial charge is 0.469 e. The van der Waals surface area contributed by atoms with E-state index in [9.17, 15) is 26.4 Å². The van der Waals surface area contributed by atoms with Crippen LogP contribution in [-0.4, -0.2) is 50.8 Å². The van der Waals surface area contributed by atoms with Crippen LogP contribution in [-0.2, 0) is 19.6 Å². The molecular formula is C9H16F3NO4S. The lowest BCUT2D eigenvalue weighted by Crippen LogP contribution is -2.40. The van der Waals surface area contributed by atoms with Gasteiger partial charge in [-0.2, -0.15) is 17.5 Å². The minimum Gasteiger partial charge on any atom is -0.469 e. The summed E-state index contributed by atoms with van der Waals surface area (Å²) in [5.74, 6) is -1.10. The van der Waals surface area contributed by atoms with E-state index in [1.54, 1.807) is 0 Å². The Morgan fingerprint density at radius 1 is 1.33 bits per heavy atom. The highest BCUT2D eigenvalue weighted by Crippen LogP contribution is 2.19. The van der Waals surface area contributed by atoms with Crippen LogP contribution < -0.4 is 0 Å². The zero-order valence-electron chi connectivity index (χ0n) is 10.2. The van der Waals surface area contributed by atoms with Crippen LogP contribution in [0.15, 0.2) is 0 Å². The maximum absolute atomic E-state index is 12.1. The number of alkyl halides is 3. The molecule has 0 bridgehead atoms. The van der Waals surface area contributed by atoms with Crippen LogP contribution in [0.1, 0.15) is 19.8 Å². The minimum atomic E-state index is -4.58. The quantitative estimate of drug-likeness (QED) is 0.660. The van der Waals surface area contributed by atoms with E-state index < -0.39 is 34.5 Å². The van der Waals surface area contributed by atoms with Gasteiger partial charge >= 0.3 is 12.1 Å². The summed E-state index contributed by atoms with van der Waals surface area (Å²) >= 11 is 0. The summed E-state index contributed by atoms with van der Waals surface area (Å²) in [4.78, 5) is 10.8. The van der Waals surface area contributed by atoms with Gasteiger partial charge in [0.05, 0.1) is 12.9 Å². The Bertz CT molecular complexity index is 366. The third-order valence-corrected chi connectivity index (χ3v) is 4.09. The zero-order chi connectivity index (χ0) is 14.4. The molecule has 0 radical (unpaired) electrons. The molecule has 0 amide bonds. The predicted molar refractivity (Wildman–Crippen MR) is 58.3 cm³/mol. The van der Waals surface area contributed by atoms with Crippen LogP contribution in [0.4, 0.5) is 13.2 Å². The first-order valence-corrected chi connectivity index (χ1v) is 6.84. The summed E-state index contributed by atoms with van der Waals surface area (Å²) in [5.41, 5.74) is 0. The molecule has 0 unspecified atom stereocenters. The molecule has 0 atom stereocenters. The van der Waals surface area contributed by atoms with Gasteiger partial charge in [0.2, 0.25) is 10.0 Å². The van der Waals surface area contributed by atoms with E-state index in [2.05, 4.69) is 4.74 Å². The van der Waals surface area contributed by atoms with Gasteiger partial charge in [-0.3, -0.25) is 4.79 Å². The molecule has 0 saturated heterocycles. The second-order valence-corrected chi connectivity index (χ2v) is 5.63. The van der Waals surface area contributed by atoms with E-state index in [1.807, 2.05) is 0 Å². The molecule has 18 heavy (non-hydrogen) atoms. The second-order valence-electron chi connectivity index (χ2n) is 3.54. The van der Waals surface area contributed by atoms with Crippen molar-refractivity contribution in [3.63, 3.8) is 0 Å². The first-order chi connectivity index (χ1) is 8.12. The Hall–Kier alpha value is -0.830. The molecule has 9 heteroatoms. The smallest absolute Gasteiger partial charge is 0.402 e. The molecule has 0 aromatic heterocycles. The van der Waals surface area contributed by atoms with Crippen LogP contribution in [0.3, 0.4) is 0 Å². The maximum atomic E-state index is 12.1. The van der Waals surface area contributed by atoms with Crippen LogP contribution in [0.2, 0.25) is 0 Å². The molecule has 0 fully saturated rings. The Morgan fingerprint density at radius 3 is 2.28 bits per heavy atom. The summed E-state index contributed by atoms with van der Waals surface area (Å²) in [6.45, 7) is -0.451. The minimum absolute atomic E-state index is 0.0661. The molecule has 0 rings (SSSR count). The summed E-state index contributed by atoms with van der Waals surface area (Å²) in [6, 6.07) is 0. The van der Waals surface area contributed by atoms with E-state index in [1.165, 1.54) is 6.92 Å². The molecule has 108 valence electrons. The monoisotopic (exact) mass is 291 g/mol. The van der Waals surface area contributed by atoms with Crippen molar-refractivity contribution in [1.82, 2.24) is 4.31 Å². The molecule has 0 aromatic carbocycles. The van der Waals surface area contributed by atoms with E-state index >= 15 is 0 Å². The van der Waals surface area contributed by atoms with Crippen molar-refractivity contribution in [1.29, 1.82) is 0 Å². The third-order valence-electron chi connectivity index (χ3n) is 2.11. The van der Waals surface area contributed by atoms with Crippen molar-refractivity contribution in [2.75, 3.05) is 26.0 Å². The van der Waals surface area contributed by atoms with E-state index in [0.717, 1.165) is 7.11 Å². The number of methoxy groups -OCH3 is 1. The number of carbonyl (C=O) groups is 1. The average molecular weight is 291 g/mol. The van der Waals surface area contributed by atoms with Gasteiger partial charge in [0.1, 0.15) is 6.54 Å². The van der Waals surface area contributed by atoms with Gasteiger partial charge in [0.15, 0.2) is 0 Å². The fourth-order valence-electron chi connectivity index (χ4n) is 1.24. The van der Waals surface area contributed by atoms with Gasteiger partial charge in [-0.25, -0.2) is 8.42 Å². The molecular weight excluding hydrogens is 275 g/mol. The third kappa shape index (κ3) is 6.80. The van der Waals surface area contributed by atoms with Crippen molar-refractivity contribution >= 4 is 16.0 Å². The molecule has 0 saturated carbocycles. The van der Waals surface area contributed by atoms with Crippen molar-refractivity contribution in [3.05, 3.63) is 0 Å². The Kier molecular flexibility index (Phi) is 6.61. The average Bonchev–Trinajstić information content (AvgIpc) is 2.23. The van der Waals surface area contributed by atoms with Crippen molar-refractivity contribution in [2.45, 2.75) is 25.9 Å². The topological polar surface area (TPSA) is 63.7 Å². The first kappa shape index (κ1) is 17.2. The Balaban J connectivity index is 4.45. The van der Waals surface area contributed by atoms with Crippen LogP contribution in [0.5, 0.6) is 0 Å². The number of rotatable bonds is 7. The van der Waals surface area contributed by atoms with Gasteiger partial charge in [-0.05, 0) is 6.42 Å². The fraction of sp³-hybridized carbons (Fsp3) is 0.889. The zero-order valence-corrected chi connectivity index (χ0v) is 11.0. The van der Waals surface area contributed by atoms with Crippen molar-refractivity contribution in [3.8, 4) is 0 Å². The highest BCUT2D eigenvalue weighted by Gasteiger charge is 2.35. The van der Waals surface area contributed by atoms with Crippen LogP contribution in [0.25, 0.3) is 0 Å². The first-order valence-electron chi connectivity index (χ1n) is 5.23. The van der Waals surface area contributed by atoms with E-state index in [0.29, 0.717) is 4.31 Å². The van der Waals surface area contributed by atoms with Gasteiger partial charge in [-0.1, -0.05) is 6.92 Å². The lowest BCUT2D eigenvalue weighted by atomic mass is 10.3. The lowest BCUT2D eigenvalue weighted by molar-refractivity contribution is -0.140. The normalized spacial score (nSPS) is 12.8. The van der Waals surface area contributed by atoms with Crippen molar-refractivity contribution in [2.24, 2.45) is 0 Å². The number of sulfonamides is 1. The number of hydrogen-bond donors (Lipinski definition) is 0. The SMILES string of the molecule is CCN(CC(F)(F)F)S(=O)(=O)CCCC(=O)OC. The Labute approximate surface area is 104 Å². The molecule has 0 aliphatic carbocycles. The highest BCUT2D eigenvalue weighted by molar-refractivity contribution is 7.89. The summed E-state index contributed by atoms with van der Waals surface area (Å²) in [6.07, 6.45) is -4.78. The fourth-order valence-corrected chi connectivity index (χ4v) is 2.74. The summed E-state index contributed by atoms with van der Waals surface area (Å²) in [7, 11) is -2.85. The van der Waals surface area contributed by atoms with Gasteiger partial charge < -0.3 is 4.74 Å². The van der Waals surface area contributed by atoms with E-state index in [4.69, 9.17) is 0 Å². The highest BCUT2D eigenvalue weighted by atomic mass is 32.2. The lowest BCUT2D eigenvalue weighted by Gasteiger charge is -2.21. The summed E-state index contributed by atoms with van der Waals surface area (Å²) < 4.78 is 64.3. The van der Waals surface area contributed by atoms with Crippen LogP contribution in [0, 0.1) is 0 Å². The number of hydrogen-bond acceptors (Lipinski definition) is 4. The molecule has 0 spiro atoms. The standard InChI is InChI=1S/C9H16F3NO4S/c1-3-13(7-9(10,11)12)18(15,16)6-4-5-8(14)17-2/h3-7H2,1-2H3. The van der Waals surface area contributed by atoms with Gasteiger partial charge in [0, 0.05) is 13.0 Å². The molecule has 0 aromatic rings. The second kappa shape index (κ2) is 6.93. The number of nitrogens with zero attached hydrogens (tertiary/aromatic N) is 1. The molecule has 5 nitrogen and oxygen atoms in total. The number of ether oxygens (including phenoxy) is 1. The van der Waals surface area contributed by atoms with Gasteiger partial charge in [-0.15, -0.1) is 0 Å². The Morgan fingerprint density at radius 2 is 1.89 bits per heavy atom. The number of esters is 1. The number of halogens is 3. The summed E-state index contributed by atoms with van der Waals surface area (Å²) in [5, 5.41) is 0. The molecule has 0 aliphatic heterocycles.